The fourth-order valence-electron chi connectivity index (χ4n) is 1.87. The van der Waals surface area contributed by atoms with Crippen LogP contribution in [0, 0.1) is 0 Å². The average Bonchev–Trinajstić information content (AvgIpc) is 2.59. The molecule has 2 aromatic carbocycles. The Kier molecular flexibility index (Phi) is 6.29. The van der Waals surface area contributed by atoms with Crippen molar-refractivity contribution in [1.29, 1.82) is 0 Å². The molecule has 1 amide bonds. The predicted molar refractivity (Wildman–Crippen MR) is 89.3 cm³/mol. The summed E-state index contributed by atoms with van der Waals surface area (Å²) in [4.78, 5) is 11.9. The SMILES string of the molecule is CCCOc1ccc(OCC(=O)Nc2ccc(OC)cc2)cc1. The largest absolute Gasteiger partial charge is 0.497 e. The molecule has 0 atom stereocenters. The molecule has 23 heavy (non-hydrogen) atoms. The third-order valence-corrected chi connectivity index (χ3v) is 3.04. The summed E-state index contributed by atoms with van der Waals surface area (Å²) in [7, 11) is 1.60. The first-order valence-electron chi connectivity index (χ1n) is 7.51. The molecule has 0 aromatic heterocycles. The molecule has 5 heteroatoms. The first kappa shape index (κ1) is 16.7. The maximum Gasteiger partial charge on any atom is 0.262 e. The zero-order valence-corrected chi connectivity index (χ0v) is 13.4. The van der Waals surface area contributed by atoms with Gasteiger partial charge in [0, 0.05) is 5.69 Å². The van der Waals surface area contributed by atoms with Crippen LogP contribution in [-0.4, -0.2) is 26.2 Å². The van der Waals surface area contributed by atoms with Crippen LogP contribution in [0.1, 0.15) is 13.3 Å². The van der Waals surface area contributed by atoms with Crippen LogP contribution in [0.25, 0.3) is 0 Å². The van der Waals surface area contributed by atoms with Crippen molar-refractivity contribution in [3.63, 3.8) is 0 Å². The Morgan fingerprint density at radius 2 is 1.48 bits per heavy atom. The van der Waals surface area contributed by atoms with Crippen LogP contribution >= 0.6 is 0 Å². The number of nitrogens with one attached hydrogen (secondary N) is 1. The number of rotatable bonds is 8. The fourth-order valence-corrected chi connectivity index (χ4v) is 1.87. The molecule has 0 unspecified atom stereocenters. The molecule has 0 spiro atoms. The topological polar surface area (TPSA) is 56.8 Å². The van der Waals surface area contributed by atoms with Crippen molar-refractivity contribution in [2.45, 2.75) is 13.3 Å². The van der Waals surface area contributed by atoms with Gasteiger partial charge in [0.1, 0.15) is 17.2 Å². The summed E-state index contributed by atoms with van der Waals surface area (Å²) < 4.78 is 16.0. The monoisotopic (exact) mass is 315 g/mol. The Morgan fingerprint density at radius 1 is 0.913 bits per heavy atom. The van der Waals surface area contributed by atoms with Gasteiger partial charge in [0.15, 0.2) is 6.61 Å². The molecule has 0 saturated heterocycles. The Bertz CT molecular complexity index is 608. The quantitative estimate of drug-likeness (QED) is 0.810. The van der Waals surface area contributed by atoms with Crippen LogP contribution in [0.2, 0.25) is 0 Å². The lowest BCUT2D eigenvalue weighted by molar-refractivity contribution is -0.118. The van der Waals surface area contributed by atoms with Crippen LogP contribution in [0.3, 0.4) is 0 Å². The minimum atomic E-state index is -0.221. The predicted octanol–water partition coefficient (Wildman–Crippen LogP) is 3.50. The van der Waals surface area contributed by atoms with E-state index < -0.39 is 0 Å². The van der Waals surface area contributed by atoms with E-state index in [1.807, 2.05) is 12.1 Å². The number of anilines is 1. The number of ether oxygens (including phenoxy) is 3. The molecule has 0 bridgehead atoms. The van der Waals surface area contributed by atoms with E-state index in [9.17, 15) is 4.79 Å². The smallest absolute Gasteiger partial charge is 0.262 e. The highest BCUT2D eigenvalue weighted by Crippen LogP contribution is 2.18. The second kappa shape index (κ2) is 8.68. The fraction of sp³-hybridized carbons (Fsp3) is 0.278. The third kappa shape index (κ3) is 5.54. The molecule has 1 N–H and O–H groups in total. The molecule has 2 rings (SSSR count). The first-order chi connectivity index (χ1) is 11.2. The summed E-state index contributed by atoms with van der Waals surface area (Å²) in [5.41, 5.74) is 0.697. The van der Waals surface area contributed by atoms with Gasteiger partial charge in [-0.1, -0.05) is 6.92 Å². The van der Waals surface area contributed by atoms with Crippen LogP contribution < -0.4 is 19.5 Å². The summed E-state index contributed by atoms with van der Waals surface area (Å²) in [5, 5.41) is 2.76. The molecule has 0 aliphatic heterocycles. The van der Waals surface area contributed by atoms with Gasteiger partial charge in [0.05, 0.1) is 13.7 Å². The van der Waals surface area contributed by atoms with Crippen molar-refractivity contribution in [3.8, 4) is 17.2 Å². The zero-order valence-electron chi connectivity index (χ0n) is 13.4. The molecule has 122 valence electrons. The van der Waals surface area contributed by atoms with Crippen molar-refractivity contribution in [2.24, 2.45) is 0 Å². The molecule has 2 aromatic rings. The Morgan fingerprint density at radius 3 is 2.04 bits per heavy atom. The van der Waals surface area contributed by atoms with E-state index in [4.69, 9.17) is 14.2 Å². The molecule has 0 radical (unpaired) electrons. The lowest BCUT2D eigenvalue weighted by atomic mass is 10.3. The lowest BCUT2D eigenvalue weighted by Gasteiger charge is -2.09. The Balaban J connectivity index is 1.79. The van der Waals surface area contributed by atoms with Crippen LogP contribution in [0.4, 0.5) is 5.69 Å². The highest BCUT2D eigenvalue weighted by Gasteiger charge is 2.04. The number of hydrogen-bond acceptors (Lipinski definition) is 4. The van der Waals surface area contributed by atoms with Gasteiger partial charge in [-0.25, -0.2) is 0 Å². The van der Waals surface area contributed by atoms with E-state index in [1.165, 1.54) is 0 Å². The second-order valence-corrected chi connectivity index (χ2v) is 4.89. The van der Waals surface area contributed by atoms with Crippen LogP contribution in [-0.2, 0) is 4.79 Å². The minimum Gasteiger partial charge on any atom is -0.497 e. The Labute approximate surface area is 136 Å². The second-order valence-electron chi connectivity index (χ2n) is 4.89. The van der Waals surface area contributed by atoms with Crippen LogP contribution in [0.15, 0.2) is 48.5 Å². The van der Waals surface area contributed by atoms with Crippen molar-refractivity contribution in [2.75, 3.05) is 25.6 Å². The molecule has 0 fully saturated rings. The van der Waals surface area contributed by atoms with Gasteiger partial charge in [-0.3, -0.25) is 4.79 Å². The summed E-state index contributed by atoms with van der Waals surface area (Å²) in [5.74, 6) is 1.94. The van der Waals surface area contributed by atoms with E-state index in [1.54, 1.807) is 43.5 Å². The minimum absolute atomic E-state index is 0.0544. The van der Waals surface area contributed by atoms with E-state index in [0.717, 1.165) is 17.9 Å². The Hall–Kier alpha value is -2.69. The normalized spacial score (nSPS) is 10.0. The van der Waals surface area contributed by atoms with E-state index >= 15 is 0 Å². The number of carbonyl (C=O) groups is 1. The maximum absolute atomic E-state index is 11.9. The van der Waals surface area contributed by atoms with E-state index in [2.05, 4.69) is 12.2 Å². The van der Waals surface area contributed by atoms with Gasteiger partial charge in [0.2, 0.25) is 0 Å². The highest BCUT2D eigenvalue weighted by atomic mass is 16.5. The highest BCUT2D eigenvalue weighted by molar-refractivity contribution is 5.91. The summed E-state index contributed by atoms with van der Waals surface area (Å²) in [6.45, 7) is 2.69. The van der Waals surface area contributed by atoms with Gasteiger partial charge in [-0.15, -0.1) is 0 Å². The van der Waals surface area contributed by atoms with Gasteiger partial charge in [-0.2, -0.15) is 0 Å². The van der Waals surface area contributed by atoms with Gasteiger partial charge >= 0.3 is 0 Å². The van der Waals surface area contributed by atoms with Crippen molar-refractivity contribution in [3.05, 3.63) is 48.5 Å². The number of amides is 1. The zero-order chi connectivity index (χ0) is 16.5. The molecule has 5 nitrogen and oxygen atoms in total. The lowest BCUT2D eigenvalue weighted by Crippen LogP contribution is -2.20. The maximum atomic E-state index is 11.9. The van der Waals surface area contributed by atoms with Gasteiger partial charge in [-0.05, 0) is 55.0 Å². The first-order valence-corrected chi connectivity index (χ1v) is 7.51. The van der Waals surface area contributed by atoms with E-state index in [-0.39, 0.29) is 12.5 Å². The number of methoxy groups -OCH3 is 1. The van der Waals surface area contributed by atoms with Gasteiger partial charge in [0.25, 0.3) is 5.91 Å². The van der Waals surface area contributed by atoms with Crippen LogP contribution in [0.5, 0.6) is 17.2 Å². The average molecular weight is 315 g/mol. The number of benzene rings is 2. The molecular formula is C18H21NO4. The number of hydrogen-bond donors (Lipinski definition) is 1. The molecular weight excluding hydrogens is 294 g/mol. The molecule has 0 heterocycles. The van der Waals surface area contributed by atoms with Crippen molar-refractivity contribution < 1.29 is 19.0 Å². The third-order valence-electron chi connectivity index (χ3n) is 3.04. The summed E-state index contributed by atoms with van der Waals surface area (Å²) in [6.07, 6.45) is 0.962. The van der Waals surface area contributed by atoms with Crippen molar-refractivity contribution >= 4 is 11.6 Å². The summed E-state index contributed by atoms with van der Waals surface area (Å²) in [6, 6.07) is 14.3. The standard InChI is InChI=1S/C18H21NO4/c1-3-12-22-16-8-10-17(11-9-16)23-13-18(20)19-14-4-6-15(21-2)7-5-14/h4-11H,3,12-13H2,1-2H3,(H,19,20). The molecule has 0 aliphatic rings. The molecule has 0 aliphatic carbocycles. The van der Waals surface area contributed by atoms with Gasteiger partial charge < -0.3 is 19.5 Å². The molecule has 0 saturated carbocycles. The van der Waals surface area contributed by atoms with E-state index in [0.29, 0.717) is 18.0 Å². The summed E-state index contributed by atoms with van der Waals surface area (Å²) >= 11 is 0. The van der Waals surface area contributed by atoms with Crippen molar-refractivity contribution in [1.82, 2.24) is 0 Å². The number of carbonyl (C=O) groups excluding carboxylic acids is 1.